The van der Waals surface area contributed by atoms with E-state index in [9.17, 15) is 13.2 Å². The molecule has 0 bridgehead atoms. The van der Waals surface area contributed by atoms with Crippen LogP contribution in [0.3, 0.4) is 0 Å². The van der Waals surface area contributed by atoms with Crippen molar-refractivity contribution >= 4 is 21.6 Å². The van der Waals surface area contributed by atoms with E-state index >= 15 is 0 Å². The highest BCUT2D eigenvalue weighted by Crippen LogP contribution is 2.20. The van der Waals surface area contributed by atoms with Crippen molar-refractivity contribution in [3.8, 4) is 0 Å². The van der Waals surface area contributed by atoms with E-state index in [2.05, 4.69) is 20.1 Å². The number of benzene rings is 1. The third-order valence-corrected chi connectivity index (χ3v) is 5.56. The van der Waals surface area contributed by atoms with Crippen LogP contribution < -0.4 is 10.0 Å². The molecule has 0 radical (unpaired) electrons. The summed E-state index contributed by atoms with van der Waals surface area (Å²) in [6, 6.07) is 7.89. The third kappa shape index (κ3) is 3.44. The van der Waals surface area contributed by atoms with E-state index in [1.54, 1.807) is 29.2 Å². The summed E-state index contributed by atoms with van der Waals surface area (Å²) < 4.78 is 29.1. The van der Waals surface area contributed by atoms with Crippen LogP contribution in [0.25, 0.3) is 5.65 Å². The molecule has 2 aromatic heterocycles. The smallest absolute Gasteiger partial charge is 0.251 e. The molecule has 1 aliphatic rings. The predicted octanol–water partition coefficient (Wildman–Crippen LogP) is 1.10. The van der Waals surface area contributed by atoms with Crippen LogP contribution in [0.5, 0.6) is 0 Å². The fourth-order valence-corrected chi connectivity index (χ4v) is 3.55. The SMILES string of the molecule is O=C(NC1CC1)c1ccc(S(=O)(=O)NCc2cnn3cccnc23)cc1. The molecule has 0 spiro atoms. The fourth-order valence-electron chi connectivity index (χ4n) is 2.54. The molecular weight excluding hydrogens is 354 g/mol. The Labute approximate surface area is 150 Å². The third-order valence-electron chi connectivity index (χ3n) is 4.14. The minimum Gasteiger partial charge on any atom is -0.349 e. The molecule has 1 saturated carbocycles. The summed E-state index contributed by atoms with van der Waals surface area (Å²) in [6.45, 7) is 0.0762. The molecule has 8 nitrogen and oxygen atoms in total. The van der Waals surface area contributed by atoms with Gasteiger partial charge in [0.15, 0.2) is 5.65 Å². The lowest BCUT2D eigenvalue weighted by Gasteiger charge is -2.07. The topological polar surface area (TPSA) is 105 Å². The molecule has 4 rings (SSSR count). The molecule has 2 heterocycles. The molecule has 0 unspecified atom stereocenters. The number of carbonyl (C=O) groups excluding carboxylic acids is 1. The van der Waals surface area contributed by atoms with Crippen molar-refractivity contribution in [2.75, 3.05) is 0 Å². The van der Waals surface area contributed by atoms with Crippen molar-refractivity contribution in [2.45, 2.75) is 30.3 Å². The van der Waals surface area contributed by atoms with Gasteiger partial charge in [-0.15, -0.1) is 0 Å². The Morgan fingerprint density at radius 1 is 1.23 bits per heavy atom. The van der Waals surface area contributed by atoms with Gasteiger partial charge in [0, 0.05) is 36.1 Å². The molecule has 9 heteroatoms. The summed E-state index contributed by atoms with van der Waals surface area (Å²) in [5, 5.41) is 7.00. The fraction of sp³-hybridized carbons (Fsp3) is 0.235. The highest BCUT2D eigenvalue weighted by molar-refractivity contribution is 7.89. The van der Waals surface area contributed by atoms with Gasteiger partial charge in [0.1, 0.15) is 0 Å². The maximum Gasteiger partial charge on any atom is 0.251 e. The van der Waals surface area contributed by atoms with Crippen LogP contribution in [0.2, 0.25) is 0 Å². The van der Waals surface area contributed by atoms with Gasteiger partial charge in [-0.3, -0.25) is 4.79 Å². The lowest BCUT2D eigenvalue weighted by Crippen LogP contribution is -2.26. The van der Waals surface area contributed by atoms with Gasteiger partial charge in [-0.2, -0.15) is 5.10 Å². The average molecular weight is 371 g/mol. The first-order valence-electron chi connectivity index (χ1n) is 8.21. The predicted molar refractivity (Wildman–Crippen MR) is 93.9 cm³/mol. The monoisotopic (exact) mass is 371 g/mol. The van der Waals surface area contributed by atoms with Gasteiger partial charge < -0.3 is 5.32 Å². The summed E-state index contributed by atoms with van der Waals surface area (Å²) >= 11 is 0. The Kier molecular flexibility index (Phi) is 4.17. The number of amides is 1. The normalized spacial score (nSPS) is 14.5. The van der Waals surface area contributed by atoms with Crippen molar-refractivity contribution in [1.82, 2.24) is 24.6 Å². The molecule has 1 amide bonds. The molecule has 0 saturated heterocycles. The minimum absolute atomic E-state index is 0.0762. The van der Waals surface area contributed by atoms with Crippen molar-refractivity contribution in [3.05, 3.63) is 60.0 Å². The van der Waals surface area contributed by atoms with E-state index in [0.717, 1.165) is 12.8 Å². The molecule has 1 aliphatic carbocycles. The Morgan fingerprint density at radius 2 is 2.00 bits per heavy atom. The van der Waals surface area contributed by atoms with E-state index in [-0.39, 0.29) is 23.4 Å². The first-order chi connectivity index (χ1) is 12.5. The van der Waals surface area contributed by atoms with Crippen molar-refractivity contribution in [2.24, 2.45) is 0 Å². The number of fused-ring (bicyclic) bond motifs is 1. The highest BCUT2D eigenvalue weighted by Gasteiger charge is 2.24. The summed E-state index contributed by atoms with van der Waals surface area (Å²) in [7, 11) is -3.70. The summed E-state index contributed by atoms with van der Waals surface area (Å²) in [5.41, 5.74) is 1.72. The number of hydrogen-bond acceptors (Lipinski definition) is 5. The average Bonchev–Trinajstić information content (AvgIpc) is 3.37. The van der Waals surface area contributed by atoms with Crippen LogP contribution in [0.4, 0.5) is 0 Å². The van der Waals surface area contributed by atoms with Crippen LogP contribution in [-0.4, -0.2) is 35.0 Å². The molecule has 0 atom stereocenters. The lowest BCUT2D eigenvalue weighted by molar-refractivity contribution is 0.0951. The number of sulfonamides is 1. The first kappa shape index (κ1) is 16.7. The molecule has 0 aliphatic heterocycles. The second kappa shape index (κ2) is 6.50. The zero-order chi connectivity index (χ0) is 18.1. The van der Waals surface area contributed by atoms with Crippen LogP contribution in [0.1, 0.15) is 28.8 Å². The Balaban J connectivity index is 1.46. The second-order valence-electron chi connectivity index (χ2n) is 6.15. The maximum absolute atomic E-state index is 12.5. The number of nitrogens with one attached hydrogen (secondary N) is 2. The Bertz CT molecular complexity index is 1060. The van der Waals surface area contributed by atoms with Crippen molar-refractivity contribution in [3.63, 3.8) is 0 Å². The van der Waals surface area contributed by atoms with E-state index in [0.29, 0.717) is 16.8 Å². The van der Waals surface area contributed by atoms with Crippen molar-refractivity contribution in [1.29, 1.82) is 0 Å². The van der Waals surface area contributed by atoms with Gasteiger partial charge in [0.2, 0.25) is 10.0 Å². The van der Waals surface area contributed by atoms with E-state index in [1.807, 2.05) is 0 Å². The summed E-state index contributed by atoms with van der Waals surface area (Å²) in [4.78, 5) is 16.3. The summed E-state index contributed by atoms with van der Waals surface area (Å²) in [5.74, 6) is -0.179. The van der Waals surface area contributed by atoms with Crippen LogP contribution in [-0.2, 0) is 16.6 Å². The first-order valence-corrected chi connectivity index (χ1v) is 9.69. The van der Waals surface area contributed by atoms with Gasteiger partial charge in [-0.05, 0) is 43.2 Å². The van der Waals surface area contributed by atoms with Gasteiger partial charge in [-0.1, -0.05) is 0 Å². The van der Waals surface area contributed by atoms with Gasteiger partial charge in [-0.25, -0.2) is 22.6 Å². The van der Waals surface area contributed by atoms with Gasteiger partial charge in [0.25, 0.3) is 5.91 Å². The number of rotatable bonds is 6. The number of aromatic nitrogens is 3. The minimum atomic E-state index is -3.70. The second-order valence-corrected chi connectivity index (χ2v) is 7.92. The van der Waals surface area contributed by atoms with Crippen molar-refractivity contribution < 1.29 is 13.2 Å². The quantitative estimate of drug-likeness (QED) is 0.675. The van der Waals surface area contributed by atoms with E-state index in [1.165, 1.54) is 24.3 Å². The number of hydrogen-bond donors (Lipinski definition) is 2. The molecule has 1 fully saturated rings. The number of nitrogens with zero attached hydrogens (tertiary/aromatic N) is 3. The molecule has 2 N–H and O–H groups in total. The van der Waals surface area contributed by atoms with Crippen LogP contribution in [0, 0.1) is 0 Å². The van der Waals surface area contributed by atoms with Crippen LogP contribution >= 0.6 is 0 Å². The lowest BCUT2D eigenvalue weighted by atomic mass is 10.2. The zero-order valence-electron chi connectivity index (χ0n) is 13.8. The largest absolute Gasteiger partial charge is 0.349 e. The van der Waals surface area contributed by atoms with Gasteiger partial charge >= 0.3 is 0 Å². The Morgan fingerprint density at radius 3 is 2.73 bits per heavy atom. The number of carbonyl (C=O) groups is 1. The summed E-state index contributed by atoms with van der Waals surface area (Å²) in [6.07, 6.45) is 6.95. The highest BCUT2D eigenvalue weighted by atomic mass is 32.2. The van der Waals surface area contributed by atoms with Crippen LogP contribution in [0.15, 0.2) is 53.8 Å². The Hall–Kier alpha value is -2.78. The van der Waals surface area contributed by atoms with Gasteiger partial charge in [0.05, 0.1) is 11.1 Å². The molecule has 26 heavy (non-hydrogen) atoms. The standard InChI is InChI=1S/C17H17N5O3S/c23-17(21-14-4-5-14)12-2-6-15(7-3-12)26(24,25)20-11-13-10-19-22-9-1-8-18-16(13)22/h1-3,6-10,14,20H,4-5,11H2,(H,21,23). The molecule has 3 aromatic rings. The maximum atomic E-state index is 12.5. The van der Waals surface area contributed by atoms with E-state index in [4.69, 9.17) is 0 Å². The molecular formula is C17H17N5O3S. The zero-order valence-corrected chi connectivity index (χ0v) is 14.6. The molecule has 1 aromatic carbocycles. The van der Waals surface area contributed by atoms with E-state index < -0.39 is 10.0 Å². The molecule has 134 valence electrons.